The van der Waals surface area contributed by atoms with Gasteiger partial charge in [0.2, 0.25) is 0 Å². The zero-order valence-electron chi connectivity index (χ0n) is 11.9. The van der Waals surface area contributed by atoms with Crippen LogP contribution in [0.5, 0.6) is 0 Å². The quantitative estimate of drug-likeness (QED) is 0.701. The van der Waals surface area contributed by atoms with Crippen LogP contribution in [0.15, 0.2) is 0 Å². The molecule has 0 aromatic heterocycles. The lowest BCUT2D eigenvalue weighted by Gasteiger charge is -2.47. The molecule has 0 amide bonds. The molecule has 0 aromatic carbocycles. The molecule has 2 aliphatic rings. The van der Waals surface area contributed by atoms with E-state index in [0.717, 1.165) is 6.54 Å². The monoisotopic (exact) mass is 239 g/mol. The molecule has 0 bridgehead atoms. The van der Waals surface area contributed by atoms with Crippen LogP contribution in [-0.4, -0.2) is 36.3 Å². The first-order chi connectivity index (χ1) is 7.86. The molecule has 17 heavy (non-hydrogen) atoms. The van der Waals surface area contributed by atoms with Gasteiger partial charge < -0.3 is 16.0 Å². The van der Waals surface area contributed by atoms with E-state index < -0.39 is 0 Å². The Hall–Kier alpha value is -0.120. The van der Waals surface area contributed by atoms with Gasteiger partial charge in [-0.25, -0.2) is 0 Å². The minimum absolute atomic E-state index is 0.253. The Morgan fingerprint density at radius 1 is 1.12 bits per heavy atom. The summed E-state index contributed by atoms with van der Waals surface area (Å²) in [5.74, 6) is 0. The van der Waals surface area contributed by atoms with Gasteiger partial charge in [-0.05, 0) is 59.9 Å². The minimum Gasteiger partial charge on any atom is -0.313 e. The fraction of sp³-hybridized carbons (Fsp3) is 1.00. The number of rotatable bonds is 3. The van der Waals surface area contributed by atoms with Gasteiger partial charge in [-0.1, -0.05) is 0 Å². The standard InChI is InChI=1S/C14H29N3/c1-13(2)8-12(9-14(3,4)17-13)16-10-11-6-5-7-15-11/h11-12,15-17H,5-10H2,1-4H3. The van der Waals surface area contributed by atoms with Crippen LogP contribution in [-0.2, 0) is 0 Å². The van der Waals surface area contributed by atoms with E-state index in [2.05, 4.69) is 43.6 Å². The topological polar surface area (TPSA) is 36.1 Å². The highest BCUT2D eigenvalue weighted by Crippen LogP contribution is 2.28. The Kier molecular flexibility index (Phi) is 3.81. The predicted molar refractivity (Wildman–Crippen MR) is 73.3 cm³/mol. The molecule has 0 aromatic rings. The number of hydrogen-bond donors (Lipinski definition) is 3. The number of nitrogens with one attached hydrogen (secondary N) is 3. The third-order valence-electron chi connectivity index (χ3n) is 4.01. The van der Waals surface area contributed by atoms with E-state index in [-0.39, 0.29) is 11.1 Å². The molecular formula is C14H29N3. The van der Waals surface area contributed by atoms with Gasteiger partial charge in [-0.3, -0.25) is 0 Å². The number of hydrogen-bond acceptors (Lipinski definition) is 3. The third kappa shape index (κ3) is 3.94. The van der Waals surface area contributed by atoms with E-state index in [9.17, 15) is 0 Å². The fourth-order valence-corrected chi connectivity index (χ4v) is 3.71. The van der Waals surface area contributed by atoms with Crippen molar-refractivity contribution in [2.75, 3.05) is 13.1 Å². The van der Waals surface area contributed by atoms with Crippen molar-refractivity contribution in [3.8, 4) is 0 Å². The molecule has 0 aliphatic carbocycles. The number of piperidine rings is 1. The minimum atomic E-state index is 0.253. The van der Waals surface area contributed by atoms with Crippen molar-refractivity contribution < 1.29 is 0 Å². The SMILES string of the molecule is CC1(C)CC(NCC2CCCN2)CC(C)(C)N1. The van der Waals surface area contributed by atoms with E-state index in [1.165, 1.54) is 32.2 Å². The lowest BCUT2D eigenvalue weighted by atomic mass is 9.79. The second kappa shape index (κ2) is 4.87. The van der Waals surface area contributed by atoms with Crippen molar-refractivity contribution >= 4 is 0 Å². The second-order valence-corrected chi connectivity index (χ2v) is 7.20. The summed E-state index contributed by atoms with van der Waals surface area (Å²) in [5.41, 5.74) is 0.505. The molecule has 1 unspecified atom stereocenters. The smallest absolute Gasteiger partial charge is 0.0193 e. The molecule has 0 saturated carbocycles. The Bertz CT molecular complexity index is 238. The predicted octanol–water partition coefficient (Wildman–Crippen LogP) is 1.64. The third-order valence-corrected chi connectivity index (χ3v) is 4.01. The molecule has 2 saturated heterocycles. The first-order valence-electron chi connectivity index (χ1n) is 7.12. The van der Waals surface area contributed by atoms with Crippen LogP contribution < -0.4 is 16.0 Å². The van der Waals surface area contributed by atoms with Gasteiger partial charge in [-0.15, -0.1) is 0 Å². The average Bonchev–Trinajstić information content (AvgIpc) is 2.61. The van der Waals surface area contributed by atoms with Crippen molar-refractivity contribution in [2.45, 2.75) is 76.5 Å². The van der Waals surface area contributed by atoms with Crippen molar-refractivity contribution in [1.82, 2.24) is 16.0 Å². The molecular weight excluding hydrogens is 210 g/mol. The zero-order valence-corrected chi connectivity index (χ0v) is 11.9. The van der Waals surface area contributed by atoms with Crippen LogP contribution in [0, 0.1) is 0 Å². The van der Waals surface area contributed by atoms with Crippen LogP contribution in [0.1, 0.15) is 53.4 Å². The van der Waals surface area contributed by atoms with Gasteiger partial charge >= 0.3 is 0 Å². The average molecular weight is 239 g/mol. The van der Waals surface area contributed by atoms with Gasteiger partial charge in [0.1, 0.15) is 0 Å². The van der Waals surface area contributed by atoms with Crippen LogP contribution in [0.3, 0.4) is 0 Å². The van der Waals surface area contributed by atoms with Crippen LogP contribution in [0.4, 0.5) is 0 Å². The van der Waals surface area contributed by atoms with E-state index >= 15 is 0 Å². The van der Waals surface area contributed by atoms with E-state index in [1.54, 1.807) is 0 Å². The summed E-state index contributed by atoms with van der Waals surface area (Å²) in [4.78, 5) is 0. The normalized spacial score (nSPS) is 32.8. The molecule has 2 heterocycles. The summed E-state index contributed by atoms with van der Waals surface area (Å²) in [6.07, 6.45) is 5.13. The maximum atomic E-state index is 3.77. The van der Waals surface area contributed by atoms with Gasteiger partial charge in [-0.2, -0.15) is 0 Å². The van der Waals surface area contributed by atoms with Crippen LogP contribution >= 0.6 is 0 Å². The molecule has 100 valence electrons. The Labute approximate surface area is 106 Å². The highest BCUT2D eigenvalue weighted by atomic mass is 15.1. The summed E-state index contributed by atoms with van der Waals surface area (Å²) in [6.45, 7) is 11.6. The van der Waals surface area contributed by atoms with Gasteiger partial charge in [0.15, 0.2) is 0 Å². The Balaban J connectivity index is 1.83. The Morgan fingerprint density at radius 3 is 2.29 bits per heavy atom. The molecule has 3 nitrogen and oxygen atoms in total. The van der Waals surface area contributed by atoms with Gasteiger partial charge in [0, 0.05) is 29.7 Å². The largest absolute Gasteiger partial charge is 0.313 e. The van der Waals surface area contributed by atoms with Crippen molar-refractivity contribution in [3.05, 3.63) is 0 Å². The second-order valence-electron chi connectivity index (χ2n) is 7.20. The molecule has 2 aliphatic heterocycles. The van der Waals surface area contributed by atoms with Crippen molar-refractivity contribution in [3.63, 3.8) is 0 Å². The highest BCUT2D eigenvalue weighted by molar-refractivity contribution is 4.99. The summed E-state index contributed by atoms with van der Waals surface area (Å²) in [6, 6.07) is 1.36. The van der Waals surface area contributed by atoms with Gasteiger partial charge in [0.05, 0.1) is 0 Å². The zero-order chi connectivity index (χ0) is 12.5. The van der Waals surface area contributed by atoms with Crippen molar-refractivity contribution in [2.24, 2.45) is 0 Å². The maximum absolute atomic E-state index is 3.77. The van der Waals surface area contributed by atoms with Gasteiger partial charge in [0.25, 0.3) is 0 Å². The maximum Gasteiger partial charge on any atom is 0.0193 e. The molecule has 3 heteroatoms. The first-order valence-corrected chi connectivity index (χ1v) is 7.12. The van der Waals surface area contributed by atoms with Crippen molar-refractivity contribution in [1.29, 1.82) is 0 Å². The van der Waals surface area contributed by atoms with E-state index in [0.29, 0.717) is 12.1 Å². The molecule has 0 radical (unpaired) electrons. The molecule has 2 rings (SSSR count). The fourth-order valence-electron chi connectivity index (χ4n) is 3.71. The summed E-state index contributed by atoms with van der Waals surface area (Å²) < 4.78 is 0. The van der Waals surface area contributed by atoms with E-state index in [4.69, 9.17) is 0 Å². The van der Waals surface area contributed by atoms with Crippen LogP contribution in [0.25, 0.3) is 0 Å². The lowest BCUT2D eigenvalue weighted by molar-refractivity contribution is 0.145. The lowest BCUT2D eigenvalue weighted by Crippen LogP contribution is -2.62. The Morgan fingerprint density at radius 2 is 1.76 bits per heavy atom. The summed E-state index contributed by atoms with van der Waals surface area (Å²) in [7, 11) is 0. The van der Waals surface area contributed by atoms with Crippen LogP contribution in [0.2, 0.25) is 0 Å². The highest BCUT2D eigenvalue weighted by Gasteiger charge is 2.37. The molecule has 1 atom stereocenters. The molecule has 0 spiro atoms. The first kappa shape index (κ1) is 13.3. The summed E-state index contributed by atoms with van der Waals surface area (Å²) >= 11 is 0. The van der Waals surface area contributed by atoms with E-state index in [1.807, 2.05) is 0 Å². The molecule has 3 N–H and O–H groups in total. The summed E-state index contributed by atoms with van der Waals surface area (Å²) in [5, 5.41) is 11.1. The molecule has 2 fully saturated rings.